The summed E-state index contributed by atoms with van der Waals surface area (Å²) in [6.45, 7) is 4.74. The van der Waals surface area contributed by atoms with Gasteiger partial charge in [-0.15, -0.1) is 0 Å². The first-order valence-electron chi connectivity index (χ1n) is 6.15. The molecule has 1 aromatic carbocycles. The number of halogens is 2. The summed E-state index contributed by atoms with van der Waals surface area (Å²) in [4.78, 5) is 0. The minimum absolute atomic E-state index is 0.0325. The molecule has 94 valence electrons. The Kier molecular flexibility index (Phi) is 3.36. The maximum atomic E-state index is 13.0. The zero-order valence-electron chi connectivity index (χ0n) is 10.4. The summed E-state index contributed by atoms with van der Waals surface area (Å²) in [5.74, 6) is -2.33. The van der Waals surface area contributed by atoms with Crippen molar-refractivity contribution in [1.29, 1.82) is 0 Å². The van der Waals surface area contributed by atoms with Gasteiger partial charge in [0.15, 0.2) is 0 Å². The molecule has 1 unspecified atom stereocenters. The molecule has 1 saturated carbocycles. The van der Waals surface area contributed by atoms with Gasteiger partial charge in [-0.25, -0.2) is 8.78 Å². The van der Waals surface area contributed by atoms with Crippen molar-refractivity contribution in [3.63, 3.8) is 0 Å². The average molecular weight is 239 g/mol. The van der Waals surface area contributed by atoms with Crippen molar-refractivity contribution in [3.05, 3.63) is 29.3 Å². The lowest BCUT2D eigenvalue weighted by molar-refractivity contribution is 0.00556. The normalized spacial score (nSPS) is 22.7. The van der Waals surface area contributed by atoms with Crippen LogP contribution in [0.1, 0.15) is 30.4 Å². The molecule has 0 heterocycles. The number of rotatable bonds is 3. The Morgan fingerprint density at radius 1 is 1.24 bits per heavy atom. The lowest BCUT2D eigenvalue weighted by Crippen LogP contribution is -2.15. The molecule has 1 aromatic rings. The second-order valence-corrected chi connectivity index (χ2v) is 5.22. The molecular weight excluding hydrogens is 220 g/mol. The molecule has 1 atom stereocenters. The molecule has 2 rings (SSSR count). The van der Waals surface area contributed by atoms with Crippen LogP contribution < -0.4 is 5.32 Å². The summed E-state index contributed by atoms with van der Waals surface area (Å²) in [6.07, 6.45) is 0.710. The summed E-state index contributed by atoms with van der Waals surface area (Å²) in [6, 6.07) is 6.22. The largest absolute Gasteiger partial charge is 0.385 e. The van der Waals surface area contributed by atoms with E-state index < -0.39 is 5.92 Å². The van der Waals surface area contributed by atoms with Gasteiger partial charge in [0.05, 0.1) is 0 Å². The van der Waals surface area contributed by atoms with Crippen LogP contribution in [-0.4, -0.2) is 12.5 Å². The van der Waals surface area contributed by atoms with Gasteiger partial charge in [-0.1, -0.05) is 6.07 Å². The second kappa shape index (κ2) is 4.63. The first kappa shape index (κ1) is 12.3. The summed E-state index contributed by atoms with van der Waals surface area (Å²) in [7, 11) is 0. The molecule has 0 saturated heterocycles. The molecule has 1 aliphatic carbocycles. The molecule has 1 aliphatic rings. The average Bonchev–Trinajstić information content (AvgIpc) is 2.54. The van der Waals surface area contributed by atoms with Crippen molar-refractivity contribution < 1.29 is 8.78 Å². The fourth-order valence-electron chi connectivity index (χ4n) is 2.55. The van der Waals surface area contributed by atoms with Gasteiger partial charge in [-0.2, -0.15) is 0 Å². The number of anilines is 1. The van der Waals surface area contributed by atoms with Crippen LogP contribution in [0.3, 0.4) is 0 Å². The van der Waals surface area contributed by atoms with Gasteiger partial charge in [0.2, 0.25) is 5.92 Å². The van der Waals surface area contributed by atoms with E-state index in [0.29, 0.717) is 13.0 Å². The van der Waals surface area contributed by atoms with Gasteiger partial charge >= 0.3 is 0 Å². The molecule has 1 N–H and O–H groups in total. The Bertz CT molecular complexity index is 381. The lowest BCUT2D eigenvalue weighted by Gasteiger charge is -2.13. The van der Waals surface area contributed by atoms with E-state index >= 15 is 0 Å². The van der Waals surface area contributed by atoms with Crippen molar-refractivity contribution in [2.24, 2.45) is 5.92 Å². The highest BCUT2D eigenvalue weighted by Gasteiger charge is 2.38. The standard InChI is InChI=1S/C14H19F2N/c1-10-5-11(2)7-13(6-10)17-9-12-3-4-14(15,16)8-12/h5-7,12,17H,3-4,8-9H2,1-2H3. The maximum Gasteiger partial charge on any atom is 0.248 e. The molecule has 17 heavy (non-hydrogen) atoms. The van der Waals surface area contributed by atoms with E-state index in [0.717, 1.165) is 5.69 Å². The van der Waals surface area contributed by atoms with Crippen LogP contribution in [0.5, 0.6) is 0 Å². The van der Waals surface area contributed by atoms with Gasteiger partial charge in [0.1, 0.15) is 0 Å². The first-order chi connectivity index (χ1) is 7.94. The van der Waals surface area contributed by atoms with Gasteiger partial charge in [0.25, 0.3) is 0 Å². The summed E-state index contributed by atoms with van der Waals surface area (Å²) >= 11 is 0. The van der Waals surface area contributed by atoms with E-state index in [1.165, 1.54) is 11.1 Å². The fourth-order valence-corrected chi connectivity index (χ4v) is 2.55. The fraction of sp³-hybridized carbons (Fsp3) is 0.571. The lowest BCUT2D eigenvalue weighted by atomic mass is 10.1. The van der Waals surface area contributed by atoms with Crippen LogP contribution in [0.4, 0.5) is 14.5 Å². The molecule has 0 spiro atoms. The van der Waals surface area contributed by atoms with E-state index in [4.69, 9.17) is 0 Å². The summed E-state index contributed by atoms with van der Waals surface area (Å²) in [5, 5.41) is 3.27. The van der Waals surface area contributed by atoms with Gasteiger partial charge in [0, 0.05) is 25.1 Å². The van der Waals surface area contributed by atoms with Crippen molar-refractivity contribution in [2.75, 3.05) is 11.9 Å². The molecular formula is C14H19F2N. The number of alkyl halides is 2. The first-order valence-corrected chi connectivity index (χ1v) is 6.15. The van der Waals surface area contributed by atoms with Crippen LogP contribution in [-0.2, 0) is 0 Å². The molecule has 0 amide bonds. The summed E-state index contributed by atoms with van der Waals surface area (Å²) in [5.41, 5.74) is 3.44. The molecule has 3 heteroatoms. The SMILES string of the molecule is Cc1cc(C)cc(NCC2CCC(F)(F)C2)c1. The highest BCUT2D eigenvalue weighted by Crippen LogP contribution is 2.38. The van der Waals surface area contributed by atoms with E-state index in [1.807, 2.05) is 13.8 Å². The van der Waals surface area contributed by atoms with Gasteiger partial charge in [-0.3, -0.25) is 0 Å². The predicted molar refractivity (Wildman–Crippen MR) is 66.7 cm³/mol. The highest BCUT2D eigenvalue weighted by molar-refractivity contribution is 5.48. The van der Waals surface area contributed by atoms with Gasteiger partial charge in [-0.05, 0) is 49.4 Å². The molecule has 0 aromatic heterocycles. The summed E-state index contributed by atoms with van der Waals surface area (Å²) < 4.78 is 26.0. The number of hydrogen-bond donors (Lipinski definition) is 1. The third kappa shape index (κ3) is 3.42. The maximum absolute atomic E-state index is 13.0. The van der Waals surface area contributed by atoms with Crippen molar-refractivity contribution in [1.82, 2.24) is 0 Å². The van der Waals surface area contributed by atoms with Crippen LogP contribution in [0.2, 0.25) is 0 Å². The zero-order valence-corrected chi connectivity index (χ0v) is 10.4. The molecule has 0 bridgehead atoms. The van der Waals surface area contributed by atoms with Crippen molar-refractivity contribution >= 4 is 5.69 Å². The third-order valence-electron chi connectivity index (χ3n) is 3.32. The minimum atomic E-state index is -2.44. The van der Waals surface area contributed by atoms with Gasteiger partial charge < -0.3 is 5.32 Å². The molecule has 1 fully saturated rings. The van der Waals surface area contributed by atoms with Crippen molar-refractivity contribution in [2.45, 2.75) is 39.0 Å². The van der Waals surface area contributed by atoms with E-state index in [-0.39, 0.29) is 18.8 Å². The van der Waals surface area contributed by atoms with E-state index in [9.17, 15) is 8.78 Å². The molecule has 1 nitrogen and oxygen atoms in total. The van der Waals surface area contributed by atoms with E-state index in [2.05, 4.69) is 23.5 Å². The zero-order chi connectivity index (χ0) is 12.5. The molecule has 0 radical (unpaired) electrons. The Morgan fingerprint density at radius 3 is 2.41 bits per heavy atom. The number of aryl methyl sites for hydroxylation is 2. The Balaban J connectivity index is 1.90. The Labute approximate surface area is 101 Å². The Hall–Kier alpha value is -1.12. The third-order valence-corrected chi connectivity index (χ3v) is 3.32. The minimum Gasteiger partial charge on any atom is -0.385 e. The predicted octanol–water partition coefficient (Wildman–Crippen LogP) is 4.15. The quantitative estimate of drug-likeness (QED) is 0.835. The van der Waals surface area contributed by atoms with Crippen LogP contribution in [0.25, 0.3) is 0 Å². The number of hydrogen-bond acceptors (Lipinski definition) is 1. The van der Waals surface area contributed by atoms with Crippen LogP contribution in [0.15, 0.2) is 18.2 Å². The Morgan fingerprint density at radius 2 is 1.88 bits per heavy atom. The van der Waals surface area contributed by atoms with Crippen molar-refractivity contribution in [3.8, 4) is 0 Å². The highest BCUT2D eigenvalue weighted by atomic mass is 19.3. The smallest absolute Gasteiger partial charge is 0.248 e. The van der Waals surface area contributed by atoms with E-state index in [1.54, 1.807) is 0 Å². The number of nitrogens with one attached hydrogen (secondary N) is 1. The van der Waals surface area contributed by atoms with Crippen LogP contribution in [0, 0.1) is 19.8 Å². The molecule has 0 aliphatic heterocycles. The van der Waals surface area contributed by atoms with Crippen LogP contribution >= 0.6 is 0 Å². The number of benzene rings is 1. The second-order valence-electron chi connectivity index (χ2n) is 5.22. The topological polar surface area (TPSA) is 12.0 Å². The monoisotopic (exact) mass is 239 g/mol.